The summed E-state index contributed by atoms with van der Waals surface area (Å²) >= 11 is 2.42. The molecule has 0 radical (unpaired) electrons. The van der Waals surface area contributed by atoms with E-state index in [0.717, 1.165) is 16.1 Å². The molecule has 0 saturated heterocycles. The second kappa shape index (κ2) is 3.13. The number of nitro groups is 1. The van der Waals surface area contributed by atoms with E-state index >= 15 is 0 Å². The molecule has 0 N–H and O–H groups in total. The summed E-state index contributed by atoms with van der Waals surface area (Å²) in [6, 6.07) is 0. The van der Waals surface area contributed by atoms with Gasteiger partial charge in [-0.25, -0.2) is 0 Å². The van der Waals surface area contributed by atoms with Gasteiger partial charge in [-0.3, -0.25) is 10.1 Å². The Bertz CT molecular complexity index is 716. The number of pyridine rings is 1. The normalized spacial score (nSPS) is 11.2. The highest BCUT2D eigenvalue weighted by atomic mass is 32.1. The fourth-order valence-corrected chi connectivity index (χ4v) is 3.36. The zero-order chi connectivity index (χ0) is 11.3. The van der Waals surface area contributed by atoms with Gasteiger partial charge in [0.25, 0.3) is 0 Å². The van der Waals surface area contributed by atoms with E-state index in [1.54, 1.807) is 16.1 Å². The van der Waals surface area contributed by atoms with E-state index in [1.807, 2.05) is 0 Å². The van der Waals surface area contributed by atoms with Crippen molar-refractivity contribution in [3.8, 4) is 0 Å². The fraction of sp³-hybridized carbons (Fsp3) is 0. The molecular formula is C9H4N2O3S2. The molecule has 0 aliphatic rings. The Morgan fingerprint density at radius 3 is 2.88 bits per heavy atom. The third-order valence-electron chi connectivity index (χ3n) is 2.37. The van der Waals surface area contributed by atoms with Crippen LogP contribution in [0.1, 0.15) is 0 Å². The number of hydrogen-bond acceptors (Lipinski definition) is 5. The van der Waals surface area contributed by atoms with Crippen LogP contribution in [0.4, 0.5) is 5.00 Å². The number of rotatable bonds is 1. The number of hydrogen-bond donors (Lipinski definition) is 0. The lowest BCUT2D eigenvalue weighted by Gasteiger charge is -1.97. The van der Waals surface area contributed by atoms with E-state index in [1.165, 1.54) is 17.5 Å². The van der Waals surface area contributed by atoms with Gasteiger partial charge in [-0.2, -0.15) is 4.73 Å². The summed E-state index contributed by atoms with van der Waals surface area (Å²) in [5.41, 5.74) is 0.485. The highest BCUT2D eigenvalue weighted by Crippen LogP contribution is 2.37. The first-order valence-electron chi connectivity index (χ1n) is 4.32. The van der Waals surface area contributed by atoms with Crippen molar-refractivity contribution in [3.05, 3.63) is 37.7 Å². The first-order valence-corrected chi connectivity index (χ1v) is 6.14. The largest absolute Gasteiger partial charge is 0.618 e. The summed E-state index contributed by atoms with van der Waals surface area (Å²) in [6.45, 7) is 0. The molecule has 3 rings (SSSR count). The van der Waals surface area contributed by atoms with Crippen LogP contribution in [0, 0.1) is 15.3 Å². The van der Waals surface area contributed by atoms with Gasteiger partial charge in [0.15, 0.2) is 6.20 Å². The van der Waals surface area contributed by atoms with Gasteiger partial charge in [-0.1, -0.05) is 11.3 Å². The Balaban J connectivity index is 2.59. The average Bonchev–Trinajstić information content (AvgIpc) is 2.80. The molecule has 0 spiro atoms. The summed E-state index contributed by atoms with van der Waals surface area (Å²) in [5.74, 6) is 0. The molecule has 0 bridgehead atoms. The summed E-state index contributed by atoms with van der Waals surface area (Å²) in [7, 11) is 0. The predicted octanol–water partition coefficient (Wildman–Crippen LogP) is 2.66. The second-order valence-electron chi connectivity index (χ2n) is 3.25. The number of nitrogens with zero attached hydrogens (tertiary/aromatic N) is 2. The zero-order valence-electron chi connectivity index (χ0n) is 7.75. The minimum Gasteiger partial charge on any atom is -0.618 e. The van der Waals surface area contributed by atoms with Crippen molar-refractivity contribution >= 4 is 49.4 Å². The molecular weight excluding hydrogens is 248 g/mol. The molecule has 3 aromatic rings. The molecule has 0 aliphatic carbocycles. The van der Waals surface area contributed by atoms with E-state index in [-0.39, 0.29) is 5.00 Å². The van der Waals surface area contributed by atoms with Crippen molar-refractivity contribution in [1.29, 1.82) is 0 Å². The number of aromatic nitrogens is 1. The molecule has 5 nitrogen and oxygen atoms in total. The van der Waals surface area contributed by atoms with Crippen LogP contribution >= 0.6 is 22.7 Å². The molecule has 16 heavy (non-hydrogen) atoms. The van der Waals surface area contributed by atoms with Gasteiger partial charge in [0.05, 0.1) is 26.5 Å². The van der Waals surface area contributed by atoms with Gasteiger partial charge >= 0.3 is 5.00 Å². The Labute approximate surface area is 96.9 Å². The first kappa shape index (κ1) is 9.49. The van der Waals surface area contributed by atoms with Gasteiger partial charge in [-0.15, -0.1) is 11.3 Å². The van der Waals surface area contributed by atoms with Crippen molar-refractivity contribution in [3.63, 3.8) is 0 Å². The van der Waals surface area contributed by atoms with Gasteiger partial charge in [0.2, 0.25) is 5.52 Å². The van der Waals surface area contributed by atoms with Crippen LogP contribution in [-0.2, 0) is 0 Å². The number of fused-ring (bicyclic) bond motifs is 3. The molecule has 0 atom stereocenters. The Morgan fingerprint density at radius 1 is 1.31 bits per heavy atom. The highest BCUT2D eigenvalue weighted by molar-refractivity contribution is 7.15. The van der Waals surface area contributed by atoms with Crippen LogP contribution in [0.25, 0.3) is 21.7 Å². The van der Waals surface area contributed by atoms with Crippen LogP contribution in [0.5, 0.6) is 0 Å². The third kappa shape index (κ3) is 1.12. The molecule has 0 fully saturated rings. The summed E-state index contributed by atoms with van der Waals surface area (Å²) in [6.07, 6.45) is 1.38. The van der Waals surface area contributed by atoms with E-state index < -0.39 is 4.92 Å². The second-order valence-corrected chi connectivity index (χ2v) is 4.86. The average molecular weight is 252 g/mol. The highest BCUT2D eigenvalue weighted by Gasteiger charge is 2.21. The maximum Gasteiger partial charge on any atom is 0.333 e. The molecule has 7 heteroatoms. The number of thiophene rings is 2. The van der Waals surface area contributed by atoms with E-state index in [2.05, 4.69) is 0 Å². The summed E-state index contributed by atoms with van der Waals surface area (Å²) < 4.78 is 0.755. The monoisotopic (exact) mass is 252 g/mol. The van der Waals surface area contributed by atoms with Crippen molar-refractivity contribution < 1.29 is 9.65 Å². The fourth-order valence-electron chi connectivity index (χ4n) is 1.70. The van der Waals surface area contributed by atoms with Crippen molar-refractivity contribution in [2.75, 3.05) is 0 Å². The molecule has 3 aromatic heterocycles. The Morgan fingerprint density at radius 2 is 2.12 bits per heavy atom. The maximum absolute atomic E-state index is 11.6. The van der Waals surface area contributed by atoms with Gasteiger partial charge in [-0.05, 0) is 0 Å². The van der Waals surface area contributed by atoms with Gasteiger partial charge in [0.1, 0.15) is 0 Å². The molecule has 0 unspecified atom stereocenters. The van der Waals surface area contributed by atoms with Crippen molar-refractivity contribution in [1.82, 2.24) is 0 Å². The van der Waals surface area contributed by atoms with E-state index in [9.17, 15) is 15.3 Å². The minimum atomic E-state index is -0.404. The van der Waals surface area contributed by atoms with Crippen LogP contribution < -0.4 is 4.73 Å². The smallest absolute Gasteiger partial charge is 0.333 e. The quantitative estimate of drug-likeness (QED) is 0.289. The third-order valence-corrected chi connectivity index (χ3v) is 4.05. The summed E-state index contributed by atoms with van der Waals surface area (Å²) in [4.78, 5) is 10.5. The van der Waals surface area contributed by atoms with Crippen molar-refractivity contribution in [2.45, 2.75) is 0 Å². The first-order chi connectivity index (χ1) is 7.68. The molecule has 3 heterocycles. The van der Waals surface area contributed by atoms with E-state index in [0.29, 0.717) is 21.7 Å². The van der Waals surface area contributed by atoms with E-state index in [4.69, 9.17) is 0 Å². The Hall–Kier alpha value is -1.73. The summed E-state index contributed by atoms with van der Waals surface area (Å²) in [5, 5.41) is 29.5. The molecule has 0 amide bonds. The Kier molecular flexibility index (Phi) is 1.86. The lowest BCUT2D eigenvalue weighted by molar-refractivity contribution is -0.575. The molecule has 80 valence electrons. The lowest BCUT2D eigenvalue weighted by Crippen LogP contribution is -2.25. The van der Waals surface area contributed by atoms with Crippen LogP contribution in [0.15, 0.2) is 22.3 Å². The SMILES string of the molecule is O=[N+]([O-])c1scc2c[n+]([O-])c3cscc3c12. The molecule has 0 aliphatic heterocycles. The molecule has 0 saturated carbocycles. The minimum absolute atomic E-state index is 0.0963. The van der Waals surface area contributed by atoms with Gasteiger partial charge < -0.3 is 5.21 Å². The maximum atomic E-state index is 11.6. The topological polar surface area (TPSA) is 70.1 Å². The van der Waals surface area contributed by atoms with Crippen molar-refractivity contribution in [2.24, 2.45) is 0 Å². The predicted molar refractivity (Wildman–Crippen MR) is 62.8 cm³/mol. The molecule has 0 aromatic carbocycles. The van der Waals surface area contributed by atoms with Crippen LogP contribution in [0.3, 0.4) is 0 Å². The van der Waals surface area contributed by atoms with Gasteiger partial charge in [0, 0.05) is 10.8 Å². The lowest BCUT2D eigenvalue weighted by atomic mass is 10.2. The van der Waals surface area contributed by atoms with Crippen LogP contribution in [0.2, 0.25) is 0 Å². The zero-order valence-corrected chi connectivity index (χ0v) is 9.38. The standard InChI is InChI=1S/C9H4N2O3S2/c12-10-1-5-2-16-9(11(13)14)8(5)6-3-15-4-7(6)10/h1-4H. The van der Waals surface area contributed by atoms with Crippen LogP contribution in [-0.4, -0.2) is 4.92 Å².